The zero-order valence-electron chi connectivity index (χ0n) is 16.1. The number of carbonyl (C=O) groups is 1. The van der Waals surface area contributed by atoms with E-state index in [0.717, 1.165) is 59.6 Å². The number of aryl methyl sites for hydroxylation is 1. The van der Waals surface area contributed by atoms with Gasteiger partial charge in [-0.3, -0.25) is 9.79 Å². The van der Waals surface area contributed by atoms with Crippen molar-refractivity contribution in [1.82, 2.24) is 4.98 Å². The smallest absolute Gasteiger partial charge is 0.293 e. The molecule has 0 radical (unpaired) electrons. The molecule has 0 amide bonds. The lowest BCUT2D eigenvalue weighted by Gasteiger charge is -2.31. The van der Waals surface area contributed by atoms with Crippen LogP contribution < -0.4 is 15.0 Å². The molecule has 0 saturated heterocycles. The minimum absolute atomic E-state index is 0.406. The number of ether oxygens (including phenoxy) is 2. The van der Waals surface area contributed by atoms with E-state index in [1.54, 1.807) is 0 Å². The van der Waals surface area contributed by atoms with Crippen LogP contribution in [0.15, 0.2) is 33.7 Å². The summed E-state index contributed by atoms with van der Waals surface area (Å²) in [5, 5.41) is 0.929. The van der Waals surface area contributed by atoms with Crippen molar-refractivity contribution in [2.75, 3.05) is 37.7 Å². The zero-order valence-corrected chi connectivity index (χ0v) is 16.1. The van der Waals surface area contributed by atoms with Crippen LogP contribution in [0.25, 0.3) is 22.6 Å². The van der Waals surface area contributed by atoms with Crippen LogP contribution >= 0.6 is 0 Å². The van der Waals surface area contributed by atoms with Crippen molar-refractivity contribution in [2.45, 2.75) is 20.3 Å². The molecule has 3 aliphatic rings. The van der Waals surface area contributed by atoms with E-state index >= 15 is 0 Å². The minimum atomic E-state index is 0.406. The first kappa shape index (κ1) is 18.3. The first-order valence-electron chi connectivity index (χ1n) is 9.52. The van der Waals surface area contributed by atoms with Gasteiger partial charge in [-0.1, -0.05) is 0 Å². The summed E-state index contributed by atoms with van der Waals surface area (Å²) in [5.41, 5.74) is 4.32. The summed E-state index contributed by atoms with van der Waals surface area (Å²) in [4.78, 5) is 21.8. The predicted molar refractivity (Wildman–Crippen MR) is 106 cm³/mol. The molecule has 4 rings (SSSR count). The molecule has 0 bridgehead atoms. The molecule has 7 heteroatoms. The minimum Gasteiger partial charge on any atom is -0.489 e. The Bertz CT molecular complexity index is 1040. The van der Waals surface area contributed by atoms with E-state index < -0.39 is 0 Å². The summed E-state index contributed by atoms with van der Waals surface area (Å²) in [6.45, 7) is 7.82. The second-order valence-corrected chi connectivity index (χ2v) is 6.74. The zero-order chi connectivity index (χ0) is 19.5. The number of anilines is 1. The highest BCUT2D eigenvalue weighted by atomic mass is 16.5. The lowest BCUT2D eigenvalue weighted by Crippen LogP contribution is -2.34. The third-order valence-corrected chi connectivity index (χ3v) is 4.83. The van der Waals surface area contributed by atoms with E-state index in [1.807, 2.05) is 38.1 Å². The van der Waals surface area contributed by atoms with E-state index in [0.29, 0.717) is 31.0 Å². The molecule has 0 atom stereocenters. The maximum atomic E-state index is 10.3. The molecule has 7 nitrogen and oxygen atoms in total. The van der Waals surface area contributed by atoms with Crippen molar-refractivity contribution < 1.29 is 18.7 Å². The Hall–Kier alpha value is -3.09. The highest BCUT2D eigenvalue weighted by molar-refractivity contribution is 5.84. The Morgan fingerprint density at radius 3 is 3.04 bits per heavy atom. The molecule has 0 aromatic heterocycles. The summed E-state index contributed by atoms with van der Waals surface area (Å²) in [6.07, 6.45) is 0.754. The van der Waals surface area contributed by atoms with E-state index in [9.17, 15) is 4.79 Å². The maximum absolute atomic E-state index is 10.3. The lowest BCUT2D eigenvalue weighted by atomic mass is 10.1. The number of nitrogens with zero attached hydrogens (tertiary/aromatic N) is 3. The van der Waals surface area contributed by atoms with E-state index in [-0.39, 0.29) is 0 Å². The van der Waals surface area contributed by atoms with E-state index in [1.165, 1.54) is 0 Å². The number of rotatable bonds is 6. The second kappa shape index (κ2) is 7.88. The van der Waals surface area contributed by atoms with Gasteiger partial charge in [0.2, 0.25) is 0 Å². The van der Waals surface area contributed by atoms with Crippen LogP contribution in [0.1, 0.15) is 18.9 Å². The van der Waals surface area contributed by atoms with E-state index in [2.05, 4.69) is 9.89 Å². The SMILES string of the molecule is CCN=c1cc2oc3cc4c(cc3nc-2cc1C)OCCN4CCCOC=O. The Balaban J connectivity index is 1.75. The predicted octanol–water partition coefficient (Wildman–Crippen LogP) is 2.92. The largest absolute Gasteiger partial charge is 0.489 e. The Kier molecular flexibility index (Phi) is 5.14. The second-order valence-electron chi connectivity index (χ2n) is 6.74. The molecule has 146 valence electrons. The molecule has 1 aromatic rings. The van der Waals surface area contributed by atoms with Gasteiger partial charge in [0, 0.05) is 31.3 Å². The molecule has 2 heterocycles. The van der Waals surface area contributed by atoms with Gasteiger partial charge in [-0.05, 0) is 31.9 Å². The van der Waals surface area contributed by atoms with Crippen molar-refractivity contribution in [3.63, 3.8) is 0 Å². The fourth-order valence-corrected chi connectivity index (χ4v) is 3.50. The highest BCUT2D eigenvalue weighted by Crippen LogP contribution is 2.37. The van der Waals surface area contributed by atoms with Gasteiger partial charge in [0.1, 0.15) is 23.6 Å². The number of aromatic nitrogens is 1. The normalized spacial score (nSPS) is 14.2. The molecule has 28 heavy (non-hydrogen) atoms. The first-order chi connectivity index (χ1) is 13.7. The van der Waals surface area contributed by atoms with Crippen LogP contribution in [-0.4, -0.2) is 44.3 Å². The number of benzene rings is 2. The molecule has 0 unspecified atom stereocenters. The van der Waals surface area contributed by atoms with Gasteiger partial charge in [0.15, 0.2) is 11.3 Å². The van der Waals surface area contributed by atoms with Crippen LogP contribution in [0.5, 0.6) is 5.75 Å². The average Bonchev–Trinajstić information content (AvgIpc) is 2.69. The standard InChI is InChI=1S/C21H23N3O4/c1-3-22-15-10-19-16(9-14(15)2)23-17-11-21-18(12-20(17)28-19)24(6-8-27-21)5-4-7-26-13-25/h9-13H,3-8H2,1-2H3. The first-order valence-corrected chi connectivity index (χ1v) is 9.52. The van der Waals surface area contributed by atoms with Crippen molar-refractivity contribution in [2.24, 2.45) is 4.99 Å². The van der Waals surface area contributed by atoms with Crippen LogP contribution in [0.2, 0.25) is 0 Å². The fraction of sp³-hybridized carbons (Fsp3) is 0.381. The summed E-state index contributed by atoms with van der Waals surface area (Å²) in [5.74, 6) is 1.51. The third kappa shape index (κ3) is 3.52. The lowest BCUT2D eigenvalue weighted by molar-refractivity contribution is -0.128. The Morgan fingerprint density at radius 2 is 2.21 bits per heavy atom. The van der Waals surface area contributed by atoms with Gasteiger partial charge in [0.25, 0.3) is 6.47 Å². The van der Waals surface area contributed by atoms with Crippen molar-refractivity contribution >= 4 is 23.3 Å². The van der Waals surface area contributed by atoms with Crippen molar-refractivity contribution in [3.8, 4) is 17.2 Å². The number of fused-ring (bicyclic) bond motifs is 3. The van der Waals surface area contributed by atoms with Gasteiger partial charge < -0.3 is 18.8 Å². The number of hydrogen-bond donors (Lipinski definition) is 0. The molecule has 0 saturated carbocycles. The molecule has 0 N–H and O–H groups in total. The average molecular weight is 381 g/mol. The Morgan fingerprint density at radius 1 is 1.32 bits per heavy atom. The quantitative estimate of drug-likeness (QED) is 0.371. The third-order valence-electron chi connectivity index (χ3n) is 4.83. The molecule has 1 aliphatic carbocycles. The van der Waals surface area contributed by atoms with Gasteiger partial charge in [-0.2, -0.15) is 0 Å². The van der Waals surface area contributed by atoms with Crippen LogP contribution in [0.4, 0.5) is 5.69 Å². The molecular weight excluding hydrogens is 358 g/mol. The fourth-order valence-electron chi connectivity index (χ4n) is 3.50. The maximum Gasteiger partial charge on any atom is 0.293 e. The topological polar surface area (TPSA) is 77.2 Å². The molecule has 0 fully saturated rings. The number of hydrogen-bond acceptors (Lipinski definition) is 7. The summed E-state index contributed by atoms with van der Waals surface area (Å²) in [6, 6.07) is 7.87. The van der Waals surface area contributed by atoms with Crippen LogP contribution in [0.3, 0.4) is 0 Å². The van der Waals surface area contributed by atoms with E-state index in [4.69, 9.17) is 18.9 Å². The van der Waals surface area contributed by atoms with Crippen LogP contribution in [-0.2, 0) is 9.53 Å². The van der Waals surface area contributed by atoms with Gasteiger partial charge in [-0.15, -0.1) is 0 Å². The van der Waals surface area contributed by atoms with Gasteiger partial charge in [0.05, 0.1) is 24.2 Å². The van der Waals surface area contributed by atoms with Gasteiger partial charge >= 0.3 is 0 Å². The number of carbonyl (C=O) groups excluding carboxylic acids is 1. The molecular formula is C21H23N3O4. The molecule has 1 aromatic carbocycles. The van der Waals surface area contributed by atoms with Gasteiger partial charge in [-0.25, -0.2) is 4.98 Å². The summed E-state index contributed by atoms with van der Waals surface area (Å²) in [7, 11) is 0. The monoisotopic (exact) mass is 381 g/mol. The molecule has 2 aliphatic heterocycles. The Labute approximate surface area is 162 Å². The van der Waals surface area contributed by atoms with Crippen molar-refractivity contribution in [3.05, 3.63) is 35.2 Å². The van der Waals surface area contributed by atoms with Crippen molar-refractivity contribution in [1.29, 1.82) is 0 Å². The van der Waals surface area contributed by atoms with Crippen LogP contribution in [0, 0.1) is 6.92 Å². The molecule has 0 spiro atoms. The summed E-state index contributed by atoms with van der Waals surface area (Å²) >= 11 is 0. The highest BCUT2D eigenvalue weighted by Gasteiger charge is 2.21. The summed E-state index contributed by atoms with van der Waals surface area (Å²) < 4.78 is 16.8.